The van der Waals surface area contributed by atoms with Gasteiger partial charge >= 0.3 is 0 Å². The SMILES string of the molecule is CN=C(NCc1cccc(C(N)=O)c1)N1CCN(Cc2cc(OC)ccc2OC)CC1. The molecule has 1 aliphatic heterocycles. The third kappa shape index (κ3) is 5.88. The Morgan fingerprint density at radius 1 is 1.10 bits per heavy atom. The van der Waals surface area contributed by atoms with Gasteiger partial charge in [0.15, 0.2) is 5.96 Å². The number of nitrogens with zero attached hydrogens (tertiary/aromatic N) is 3. The van der Waals surface area contributed by atoms with Crippen LogP contribution in [-0.4, -0.2) is 69.1 Å². The van der Waals surface area contributed by atoms with E-state index in [1.165, 1.54) is 0 Å². The van der Waals surface area contributed by atoms with Crippen LogP contribution in [0.15, 0.2) is 47.5 Å². The van der Waals surface area contributed by atoms with Crippen LogP contribution in [0, 0.1) is 0 Å². The van der Waals surface area contributed by atoms with Gasteiger partial charge in [-0.1, -0.05) is 12.1 Å². The van der Waals surface area contributed by atoms with Gasteiger partial charge < -0.3 is 25.4 Å². The first-order valence-electron chi connectivity index (χ1n) is 10.3. The van der Waals surface area contributed by atoms with Crippen molar-refractivity contribution in [2.45, 2.75) is 13.1 Å². The van der Waals surface area contributed by atoms with Gasteiger partial charge in [0.1, 0.15) is 11.5 Å². The standard InChI is InChI=1S/C23H31N5O3/c1-25-23(26-15-17-5-4-6-18(13-17)22(24)29)28-11-9-27(10-12-28)16-19-14-20(30-2)7-8-21(19)31-3/h4-8,13-14H,9-12,15-16H2,1-3H3,(H2,24,29)(H,25,26). The maximum absolute atomic E-state index is 11.4. The van der Waals surface area contributed by atoms with Crippen molar-refractivity contribution in [2.24, 2.45) is 10.7 Å². The van der Waals surface area contributed by atoms with Crippen molar-refractivity contribution in [2.75, 3.05) is 47.4 Å². The molecule has 0 unspecified atom stereocenters. The largest absolute Gasteiger partial charge is 0.497 e. The summed E-state index contributed by atoms with van der Waals surface area (Å²) in [4.78, 5) is 20.5. The number of guanidine groups is 1. The van der Waals surface area contributed by atoms with E-state index in [4.69, 9.17) is 15.2 Å². The van der Waals surface area contributed by atoms with Gasteiger partial charge in [0.05, 0.1) is 14.2 Å². The lowest BCUT2D eigenvalue weighted by molar-refractivity contribution is 0.1000. The number of methoxy groups -OCH3 is 2. The predicted molar refractivity (Wildman–Crippen MR) is 122 cm³/mol. The number of amides is 1. The molecule has 31 heavy (non-hydrogen) atoms. The average Bonchev–Trinajstić information content (AvgIpc) is 2.80. The summed E-state index contributed by atoms with van der Waals surface area (Å²) in [6.45, 7) is 4.95. The fourth-order valence-electron chi connectivity index (χ4n) is 3.71. The number of nitrogens with one attached hydrogen (secondary N) is 1. The van der Waals surface area contributed by atoms with Crippen molar-refractivity contribution in [1.82, 2.24) is 15.1 Å². The summed E-state index contributed by atoms with van der Waals surface area (Å²) < 4.78 is 10.9. The van der Waals surface area contributed by atoms with E-state index in [0.717, 1.165) is 61.3 Å². The zero-order valence-corrected chi connectivity index (χ0v) is 18.4. The van der Waals surface area contributed by atoms with Gasteiger partial charge in [-0.15, -0.1) is 0 Å². The highest BCUT2D eigenvalue weighted by Gasteiger charge is 2.21. The van der Waals surface area contributed by atoms with E-state index in [2.05, 4.69) is 20.1 Å². The maximum Gasteiger partial charge on any atom is 0.248 e. The molecular formula is C23H31N5O3. The highest BCUT2D eigenvalue weighted by Crippen LogP contribution is 2.25. The molecule has 3 rings (SSSR count). The normalized spacial score (nSPS) is 14.9. The summed E-state index contributed by atoms with van der Waals surface area (Å²) in [5.74, 6) is 2.14. The van der Waals surface area contributed by atoms with E-state index < -0.39 is 5.91 Å². The van der Waals surface area contributed by atoms with E-state index in [1.54, 1.807) is 27.3 Å². The van der Waals surface area contributed by atoms with Gasteiger partial charge in [-0.3, -0.25) is 14.7 Å². The molecule has 0 aromatic heterocycles. The summed E-state index contributed by atoms with van der Waals surface area (Å²) in [6.07, 6.45) is 0. The molecule has 3 N–H and O–H groups in total. The van der Waals surface area contributed by atoms with Crippen molar-refractivity contribution in [3.63, 3.8) is 0 Å². The third-order valence-electron chi connectivity index (χ3n) is 5.43. The number of rotatable bonds is 7. The first-order chi connectivity index (χ1) is 15.0. The number of carbonyl (C=O) groups excluding carboxylic acids is 1. The lowest BCUT2D eigenvalue weighted by Crippen LogP contribution is -2.52. The first-order valence-corrected chi connectivity index (χ1v) is 10.3. The van der Waals surface area contributed by atoms with Crippen molar-refractivity contribution >= 4 is 11.9 Å². The summed E-state index contributed by atoms with van der Waals surface area (Å²) in [6, 6.07) is 13.2. The molecule has 1 fully saturated rings. The minimum atomic E-state index is -0.421. The van der Waals surface area contributed by atoms with Crippen LogP contribution in [0.2, 0.25) is 0 Å². The van der Waals surface area contributed by atoms with Crippen LogP contribution in [0.4, 0.5) is 0 Å². The minimum Gasteiger partial charge on any atom is -0.497 e. The van der Waals surface area contributed by atoms with Crippen LogP contribution < -0.4 is 20.5 Å². The van der Waals surface area contributed by atoms with Gasteiger partial charge in [-0.2, -0.15) is 0 Å². The summed E-state index contributed by atoms with van der Waals surface area (Å²) in [5.41, 5.74) is 7.99. The number of ether oxygens (including phenoxy) is 2. The van der Waals surface area contributed by atoms with Crippen molar-refractivity contribution < 1.29 is 14.3 Å². The smallest absolute Gasteiger partial charge is 0.248 e. The molecule has 8 nitrogen and oxygen atoms in total. The van der Waals surface area contributed by atoms with Crippen LogP contribution in [0.25, 0.3) is 0 Å². The number of hydrogen-bond donors (Lipinski definition) is 2. The molecule has 166 valence electrons. The van der Waals surface area contributed by atoms with Crippen LogP contribution >= 0.6 is 0 Å². The Bertz CT molecular complexity index is 923. The monoisotopic (exact) mass is 425 g/mol. The molecule has 0 spiro atoms. The van der Waals surface area contributed by atoms with Gasteiger partial charge in [0, 0.05) is 57.4 Å². The highest BCUT2D eigenvalue weighted by molar-refractivity contribution is 5.92. The summed E-state index contributed by atoms with van der Waals surface area (Å²) >= 11 is 0. The van der Waals surface area contributed by atoms with Gasteiger partial charge in [0.2, 0.25) is 5.91 Å². The molecule has 1 saturated heterocycles. The van der Waals surface area contributed by atoms with Crippen molar-refractivity contribution in [3.8, 4) is 11.5 Å². The van der Waals surface area contributed by atoms with Gasteiger partial charge in [0.25, 0.3) is 0 Å². The second-order valence-electron chi connectivity index (χ2n) is 7.41. The van der Waals surface area contributed by atoms with Crippen LogP contribution in [0.1, 0.15) is 21.5 Å². The molecule has 8 heteroatoms. The molecule has 1 aliphatic rings. The second-order valence-corrected chi connectivity index (χ2v) is 7.41. The Morgan fingerprint density at radius 2 is 1.87 bits per heavy atom. The maximum atomic E-state index is 11.4. The van der Waals surface area contributed by atoms with Crippen molar-refractivity contribution in [3.05, 3.63) is 59.2 Å². The predicted octanol–water partition coefficient (Wildman–Crippen LogP) is 1.70. The zero-order valence-electron chi connectivity index (χ0n) is 18.4. The summed E-state index contributed by atoms with van der Waals surface area (Å²) in [5, 5.41) is 3.39. The molecule has 2 aromatic carbocycles. The number of nitrogens with two attached hydrogens (primary N) is 1. The molecule has 0 atom stereocenters. The van der Waals surface area contributed by atoms with Crippen LogP contribution in [0.5, 0.6) is 11.5 Å². The molecule has 0 aliphatic carbocycles. The van der Waals surface area contributed by atoms with Crippen molar-refractivity contribution in [1.29, 1.82) is 0 Å². The minimum absolute atomic E-state index is 0.421. The molecular weight excluding hydrogens is 394 g/mol. The molecule has 1 amide bonds. The van der Waals surface area contributed by atoms with E-state index >= 15 is 0 Å². The van der Waals surface area contributed by atoms with Crippen LogP contribution in [0.3, 0.4) is 0 Å². The first kappa shape index (κ1) is 22.4. The summed E-state index contributed by atoms with van der Waals surface area (Å²) in [7, 11) is 5.15. The lowest BCUT2D eigenvalue weighted by Gasteiger charge is -2.36. The molecule has 1 heterocycles. The second kappa shape index (κ2) is 10.7. The Morgan fingerprint density at radius 3 is 2.52 bits per heavy atom. The lowest BCUT2D eigenvalue weighted by atomic mass is 10.1. The Hall–Kier alpha value is -3.26. The number of aliphatic imine (C=N–C) groups is 1. The third-order valence-corrected chi connectivity index (χ3v) is 5.43. The fraction of sp³-hybridized carbons (Fsp3) is 0.391. The highest BCUT2D eigenvalue weighted by atomic mass is 16.5. The van der Waals surface area contributed by atoms with Gasteiger partial charge in [-0.05, 0) is 35.9 Å². The van der Waals surface area contributed by atoms with Gasteiger partial charge in [-0.25, -0.2) is 0 Å². The topological polar surface area (TPSA) is 92.4 Å². The van der Waals surface area contributed by atoms with E-state index in [1.807, 2.05) is 36.4 Å². The number of hydrogen-bond acceptors (Lipinski definition) is 5. The number of benzene rings is 2. The Labute approximate surface area is 183 Å². The number of primary amides is 1. The molecule has 0 saturated carbocycles. The quantitative estimate of drug-likeness (QED) is 0.518. The molecule has 0 radical (unpaired) electrons. The van der Waals surface area contributed by atoms with E-state index in [-0.39, 0.29) is 0 Å². The Kier molecular flexibility index (Phi) is 7.72. The number of piperazine rings is 1. The zero-order chi connectivity index (χ0) is 22.2. The molecule has 0 bridgehead atoms. The Balaban J connectivity index is 1.55. The van der Waals surface area contributed by atoms with E-state index in [9.17, 15) is 4.79 Å². The fourth-order valence-corrected chi connectivity index (χ4v) is 3.71. The van der Waals surface area contributed by atoms with E-state index in [0.29, 0.717) is 12.1 Å². The average molecular weight is 426 g/mol. The molecule has 2 aromatic rings. The van der Waals surface area contributed by atoms with Crippen LogP contribution in [-0.2, 0) is 13.1 Å². The number of carbonyl (C=O) groups is 1.